The largest absolute Gasteiger partial charge is 0.508 e. The van der Waals surface area contributed by atoms with Crippen LogP contribution >= 0.6 is 0 Å². The van der Waals surface area contributed by atoms with Gasteiger partial charge in [0.2, 0.25) is 23.6 Å². The van der Waals surface area contributed by atoms with Gasteiger partial charge in [-0.2, -0.15) is 0 Å². The Morgan fingerprint density at radius 2 is 1.62 bits per heavy atom. The highest BCUT2D eigenvalue weighted by Gasteiger charge is 2.26. The molecule has 15 nitrogen and oxygen atoms in total. The van der Waals surface area contributed by atoms with Gasteiger partial charge in [-0.25, -0.2) is 5.84 Å². The predicted octanol–water partition coefficient (Wildman–Crippen LogP) is -2.40. The number of hydrogen-bond donors (Lipinski definition) is 9. The second kappa shape index (κ2) is 19.0. The number of aliphatic hydroxyl groups is 1. The Morgan fingerprint density at radius 1 is 0.976 bits per heavy atom. The van der Waals surface area contributed by atoms with Gasteiger partial charge in [0, 0.05) is 31.8 Å². The third-order valence-corrected chi connectivity index (χ3v) is 6.04. The monoisotopic (exact) mass is 592 g/mol. The van der Waals surface area contributed by atoms with Crippen LogP contribution in [0.25, 0.3) is 0 Å². The summed E-state index contributed by atoms with van der Waals surface area (Å²) < 4.78 is 0. The minimum atomic E-state index is -1.16. The lowest BCUT2D eigenvalue weighted by Gasteiger charge is -2.23. The SMILES string of the molecule is CC(O)C(C=O)NC(=O)[C@H](CCCCN)NC(=O)CNC(=O)[C@H](Cc1ccc(O)cc1)NC(=O)CC/C(N)=C/N(C)N. The highest BCUT2D eigenvalue weighted by molar-refractivity contribution is 5.93. The summed E-state index contributed by atoms with van der Waals surface area (Å²) >= 11 is 0. The van der Waals surface area contributed by atoms with Crippen molar-refractivity contribution >= 4 is 29.9 Å². The number of benzene rings is 1. The van der Waals surface area contributed by atoms with Crippen molar-refractivity contribution in [3.8, 4) is 5.75 Å². The van der Waals surface area contributed by atoms with Gasteiger partial charge in [-0.15, -0.1) is 0 Å². The molecule has 0 saturated heterocycles. The number of aromatic hydroxyl groups is 1. The van der Waals surface area contributed by atoms with Crippen LogP contribution in [0.2, 0.25) is 0 Å². The van der Waals surface area contributed by atoms with Crippen molar-refractivity contribution in [1.82, 2.24) is 26.3 Å². The Hall–Kier alpha value is -4.21. The van der Waals surface area contributed by atoms with E-state index >= 15 is 0 Å². The van der Waals surface area contributed by atoms with E-state index in [-0.39, 0.29) is 31.4 Å². The van der Waals surface area contributed by atoms with Crippen LogP contribution in [0.5, 0.6) is 5.75 Å². The van der Waals surface area contributed by atoms with Gasteiger partial charge in [-0.3, -0.25) is 19.2 Å². The predicted molar refractivity (Wildman–Crippen MR) is 155 cm³/mol. The molecule has 15 heteroatoms. The zero-order chi connectivity index (χ0) is 31.7. The number of amides is 4. The summed E-state index contributed by atoms with van der Waals surface area (Å²) in [5, 5.41) is 30.5. The first-order valence-electron chi connectivity index (χ1n) is 13.6. The van der Waals surface area contributed by atoms with Crippen LogP contribution in [0.4, 0.5) is 0 Å². The fraction of sp³-hybridized carbons (Fsp3) is 0.519. The van der Waals surface area contributed by atoms with E-state index in [4.69, 9.17) is 17.3 Å². The van der Waals surface area contributed by atoms with Gasteiger partial charge in [-0.05, 0) is 56.8 Å². The lowest BCUT2D eigenvalue weighted by Crippen LogP contribution is -2.55. The molecule has 42 heavy (non-hydrogen) atoms. The van der Waals surface area contributed by atoms with Crippen molar-refractivity contribution in [2.75, 3.05) is 20.1 Å². The third kappa shape index (κ3) is 14.4. The second-order valence-corrected chi connectivity index (χ2v) is 9.89. The van der Waals surface area contributed by atoms with Gasteiger partial charge in [0.15, 0.2) is 0 Å². The van der Waals surface area contributed by atoms with Crippen molar-refractivity contribution in [2.45, 2.75) is 69.7 Å². The molecule has 0 fully saturated rings. The molecule has 4 amide bonds. The average molecular weight is 593 g/mol. The molecule has 0 spiro atoms. The maximum atomic E-state index is 13.1. The summed E-state index contributed by atoms with van der Waals surface area (Å²) in [4.78, 5) is 62.2. The molecule has 4 atom stereocenters. The van der Waals surface area contributed by atoms with Crippen LogP contribution in [0.15, 0.2) is 36.2 Å². The molecule has 0 aliphatic carbocycles. The number of phenols is 1. The summed E-state index contributed by atoms with van der Waals surface area (Å²) in [6, 6.07) is 2.81. The number of nitrogens with one attached hydrogen (secondary N) is 4. The molecule has 2 unspecified atom stereocenters. The van der Waals surface area contributed by atoms with Crippen molar-refractivity contribution in [1.29, 1.82) is 0 Å². The number of nitrogens with zero attached hydrogens (tertiary/aromatic N) is 1. The van der Waals surface area contributed by atoms with Crippen LogP contribution in [0.1, 0.15) is 44.6 Å². The molecule has 0 aliphatic rings. The number of unbranched alkanes of at least 4 members (excludes halogenated alkanes) is 1. The lowest BCUT2D eigenvalue weighted by atomic mass is 10.0. The summed E-state index contributed by atoms with van der Waals surface area (Å²) in [5.74, 6) is 3.07. The van der Waals surface area contributed by atoms with Crippen LogP contribution < -0.4 is 38.6 Å². The molecule has 0 bridgehead atoms. The van der Waals surface area contributed by atoms with Gasteiger partial charge in [0.1, 0.15) is 30.2 Å². The maximum Gasteiger partial charge on any atom is 0.243 e. The summed E-state index contributed by atoms with van der Waals surface area (Å²) in [6.07, 6.45) is 2.25. The first-order chi connectivity index (χ1) is 19.9. The minimum Gasteiger partial charge on any atom is -0.508 e. The molecular weight excluding hydrogens is 548 g/mol. The second-order valence-electron chi connectivity index (χ2n) is 9.89. The van der Waals surface area contributed by atoms with Gasteiger partial charge >= 0.3 is 0 Å². The average Bonchev–Trinajstić information content (AvgIpc) is 2.93. The Bertz CT molecular complexity index is 1060. The van der Waals surface area contributed by atoms with E-state index in [1.807, 2.05) is 0 Å². The van der Waals surface area contributed by atoms with Crippen LogP contribution in [0.3, 0.4) is 0 Å². The molecule has 234 valence electrons. The van der Waals surface area contributed by atoms with Crippen molar-refractivity contribution < 1.29 is 34.2 Å². The number of aliphatic hydroxyl groups excluding tert-OH is 1. The zero-order valence-corrected chi connectivity index (χ0v) is 24.0. The molecular formula is C27H44N8O7. The molecule has 0 saturated carbocycles. The highest BCUT2D eigenvalue weighted by atomic mass is 16.3. The van der Waals surface area contributed by atoms with Crippen LogP contribution in [0, 0.1) is 0 Å². The molecule has 0 heterocycles. The molecule has 0 aromatic heterocycles. The fourth-order valence-electron chi connectivity index (χ4n) is 3.76. The zero-order valence-electron chi connectivity index (χ0n) is 24.0. The number of phenolic OH excluding ortho intramolecular Hbond substituents is 1. The molecule has 1 aromatic rings. The van der Waals surface area contributed by atoms with E-state index in [1.165, 1.54) is 30.3 Å². The van der Waals surface area contributed by atoms with Crippen molar-refractivity contribution in [3.05, 3.63) is 41.7 Å². The number of carbonyl (C=O) groups excluding carboxylic acids is 5. The van der Waals surface area contributed by atoms with E-state index in [1.54, 1.807) is 19.2 Å². The van der Waals surface area contributed by atoms with Crippen LogP contribution in [-0.4, -0.2) is 89.5 Å². The van der Waals surface area contributed by atoms with Crippen LogP contribution in [-0.2, 0) is 30.4 Å². The van der Waals surface area contributed by atoms with Crippen molar-refractivity contribution in [2.24, 2.45) is 17.3 Å². The fourth-order valence-corrected chi connectivity index (χ4v) is 3.76. The normalized spacial score (nSPS) is 14.1. The summed E-state index contributed by atoms with van der Waals surface area (Å²) in [5.41, 5.74) is 12.4. The molecule has 1 aromatic carbocycles. The van der Waals surface area contributed by atoms with Gasteiger partial charge in [0.25, 0.3) is 0 Å². The Labute approximate surface area is 245 Å². The lowest BCUT2D eigenvalue weighted by molar-refractivity contribution is -0.132. The smallest absolute Gasteiger partial charge is 0.243 e. The standard InChI is InChI=1S/C27H44N8O7/c1-17(37)23(16-36)34-27(42)21(5-3-4-12-28)32-25(40)14-31-26(41)22(13-18-6-9-20(38)10-7-18)33-24(39)11-8-19(29)15-35(2)30/h6-7,9-10,15-17,21-23,37-38H,3-5,8,11-14,28-30H2,1-2H3,(H,31,41)(H,32,40)(H,33,39)(H,34,42)/b19-15-/t17?,21-,22-,23?/m0/s1. The summed E-state index contributed by atoms with van der Waals surface area (Å²) in [6.45, 7) is 1.21. The molecule has 12 N–H and O–H groups in total. The van der Waals surface area contributed by atoms with E-state index in [0.717, 1.165) is 0 Å². The quantitative estimate of drug-likeness (QED) is 0.0354. The van der Waals surface area contributed by atoms with E-state index in [9.17, 15) is 34.2 Å². The molecule has 1 rings (SSSR count). The van der Waals surface area contributed by atoms with Gasteiger partial charge in [-0.1, -0.05) is 12.1 Å². The third-order valence-electron chi connectivity index (χ3n) is 6.04. The van der Waals surface area contributed by atoms with Gasteiger partial charge in [0.05, 0.1) is 12.6 Å². The van der Waals surface area contributed by atoms with E-state index in [2.05, 4.69) is 21.3 Å². The Morgan fingerprint density at radius 3 is 2.19 bits per heavy atom. The number of aldehydes is 1. The topological polar surface area (TPSA) is 255 Å². The highest BCUT2D eigenvalue weighted by Crippen LogP contribution is 2.12. The minimum absolute atomic E-state index is 0.0240. The maximum absolute atomic E-state index is 13.1. The summed E-state index contributed by atoms with van der Waals surface area (Å²) in [7, 11) is 1.58. The first-order valence-corrected chi connectivity index (χ1v) is 13.6. The van der Waals surface area contributed by atoms with Crippen molar-refractivity contribution in [3.63, 3.8) is 0 Å². The number of nitrogens with two attached hydrogens (primary N) is 3. The number of rotatable bonds is 19. The number of hydrogen-bond acceptors (Lipinski definition) is 11. The number of carbonyl (C=O) groups is 5. The number of hydrazine groups is 1. The number of allylic oxidation sites excluding steroid dienone is 1. The van der Waals surface area contributed by atoms with Gasteiger partial charge < -0.3 is 52.8 Å². The Kier molecular flexibility index (Phi) is 16.2. The first kappa shape index (κ1) is 35.8. The van der Waals surface area contributed by atoms with E-state index in [0.29, 0.717) is 36.9 Å². The van der Waals surface area contributed by atoms with E-state index < -0.39 is 54.4 Å². The molecule has 0 aliphatic heterocycles. The molecule has 0 radical (unpaired) electrons. The Balaban J connectivity index is 2.89.